The molecule has 0 nitrogen and oxygen atoms in total. The van der Waals surface area contributed by atoms with Crippen molar-refractivity contribution in [2.24, 2.45) is 0 Å². The van der Waals surface area contributed by atoms with Crippen LogP contribution in [0.25, 0.3) is 0 Å². The number of hydrogen-bond acceptors (Lipinski definition) is 2. The Morgan fingerprint density at radius 3 is 2.33 bits per heavy atom. The summed E-state index contributed by atoms with van der Waals surface area (Å²) in [5.41, 5.74) is 0. The predicted molar refractivity (Wildman–Crippen MR) is 53.2 cm³/mol. The molecule has 1 aliphatic rings. The molecule has 1 fully saturated rings. The van der Waals surface area contributed by atoms with E-state index in [2.05, 4.69) is 24.6 Å². The van der Waals surface area contributed by atoms with Crippen LogP contribution < -0.4 is 0 Å². The van der Waals surface area contributed by atoms with Crippen molar-refractivity contribution in [2.45, 2.75) is 0 Å². The fraction of sp³-hybridized carbons (Fsp3) is 1.00. The summed E-state index contributed by atoms with van der Waals surface area (Å²) in [6.07, 6.45) is 3.09. The second kappa shape index (κ2) is 5.56. The summed E-state index contributed by atoms with van der Waals surface area (Å²) in [5.74, 6) is 2.97. The fourth-order valence-corrected chi connectivity index (χ4v) is 16.2. The van der Waals surface area contributed by atoms with Crippen LogP contribution in [0.15, 0.2) is 0 Å². The Labute approximate surface area is 74.2 Å². The first-order valence-corrected chi connectivity index (χ1v) is 14.2. The third-order valence-corrected chi connectivity index (χ3v) is 15.2. The molecule has 0 bridgehead atoms. The van der Waals surface area contributed by atoms with Crippen LogP contribution in [-0.4, -0.2) is 48.9 Å². The summed E-state index contributed by atoms with van der Waals surface area (Å²) in [5, 5.41) is 0. The van der Waals surface area contributed by atoms with Gasteiger partial charge in [0.1, 0.15) is 0 Å². The third-order valence-electron chi connectivity index (χ3n) is 1.27. The van der Waals surface area contributed by atoms with E-state index in [-0.39, 0.29) is 18.4 Å². The standard InChI is InChI=1S/C5H13PS2.Sn/c1-6(2-4-7)3-5-8;/h7-8H,2-5H2,1H3;/q;+2/p-2. The van der Waals surface area contributed by atoms with Crippen LogP contribution in [-0.2, 0) is 0 Å². The molecule has 0 saturated carbocycles. The van der Waals surface area contributed by atoms with Gasteiger partial charge >= 0.3 is 74.7 Å². The summed E-state index contributed by atoms with van der Waals surface area (Å²) >= 11 is 0.0343. The minimum absolute atomic E-state index is 0.0343. The van der Waals surface area contributed by atoms with Gasteiger partial charge in [-0.3, -0.25) is 0 Å². The molecule has 0 aromatic carbocycles. The molecule has 0 aromatic rings. The fourth-order valence-electron chi connectivity index (χ4n) is 0.640. The van der Waals surface area contributed by atoms with Gasteiger partial charge in [0.15, 0.2) is 0 Å². The molecule has 52 valence electrons. The molecular weight excluding hydrogens is 274 g/mol. The van der Waals surface area contributed by atoms with Crippen LogP contribution >= 0.6 is 25.8 Å². The van der Waals surface area contributed by atoms with Gasteiger partial charge in [-0.15, -0.1) is 0 Å². The Bertz CT molecular complexity index is 73.4. The normalized spacial score (nSPS) is 25.0. The van der Waals surface area contributed by atoms with Crippen molar-refractivity contribution in [1.29, 1.82) is 0 Å². The molecule has 0 N–H and O–H groups in total. The Kier molecular flexibility index (Phi) is 5.58. The van der Waals surface area contributed by atoms with E-state index in [0.29, 0.717) is 7.92 Å². The van der Waals surface area contributed by atoms with Gasteiger partial charge in [-0.2, -0.15) is 0 Å². The molecule has 4 heteroatoms. The van der Waals surface area contributed by atoms with Gasteiger partial charge in [-0.25, -0.2) is 0 Å². The molecule has 0 amide bonds. The van der Waals surface area contributed by atoms with E-state index in [1.54, 1.807) is 12.3 Å². The Morgan fingerprint density at radius 1 is 1.22 bits per heavy atom. The van der Waals surface area contributed by atoms with Crippen LogP contribution in [0.4, 0.5) is 0 Å². The summed E-state index contributed by atoms with van der Waals surface area (Å²) in [7, 11) is 5.01. The zero-order valence-corrected chi connectivity index (χ0v) is 11.0. The Morgan fingerprint density at radius 2 is 1.78 bits per heavy atom. The predicted octanol–water partition coefficient (Wildman–Crippen LogP) is 2.11. The van der Waals surface area contributed by atoms with Gasteiger partial charge in [-0.1, -0.05) is 0 Å². The van der Waals surface area contributed by atoms with Gasteiger partial charge in [0.05, 0.1) is 0 Å². The molecule has 1 heterocycles. The SMILES string of the molecule is CP1CC[S][Sn][S]CC1. The van der Waals surface area contributed by atoms with E-state index in [0.717, 1.165) is 0 Å². The second-order valence-corrected chi connectivity index (χ2v) is 16.0. The molecule has 0 atom stereocenters. The maximum absolute atomic E-state index is 2.45. The minimum atomic E-state index is 0.0343. The van der Waals surface area contributed by atoms with Crippen LogP contribution in [0.5, 0.6) is 0 Å². The summed E-state index contributed by atoms with van der Waals surface area (Å²) in [4.78, 5) is 0. The van der Waals surface area contributed by atoms with Gasteiger partial charge in [0.25, 0.3) is 0 Å². The van der Waals surface area contributed by atoms with E-state index in [1.165, 1.54) is 11.5 Å². The third kappa shape index (κ3) is 4.39. The van der Waals surface area contributed by atoms with E-state index in [4.69, 9.17) is 0 Å². The molecule has 0 spiro atoms. The Balaban J connectivity index is 2.12. The van der Waals surface area contributed by atoms with Gasteiger partial charge in [0.2, 0.25) is 0 Å². The van der Waals surface area contributed by atoms with E-state index < -0.39 is 0 Å². The van der Waals surface area contributed by atoms with Crippen molar-refractivity contribution >= 4 is 44.2 Å². The molecule has 1 saturated heterocycles. The van der Waals surface area contributed by atoms with E-state index >= 15 is 0 Å². The molecule has 1 aliphatic heterocycles. The first-order chi connectivity index (χ1) is 4.39. The number of hydrogen-bond donors (Lipinski definition) is 0. The van der Waals surface area contributed by atoms with E-state index in [1.807, 2.05) is 0 Å². The molecule has 0 unspecified atom stereocenters. The number of rotatable bonds is 0. The summed E-state index contributed by atoms with van der Waals surface area (Å²) in [6.45, 7) is 2.45. The van der Waals surface area contributed by atoms with Crippen LogP contribution in [0.3, 0.4) is 0 Å². The van der Waals surface area contributed by atoms with Gasteiger partial charge in [-0.05, 0) is 0 Å². The van der Waals surface area contributed by atoms with Crippen molar-refractivity contribution in [3.05, 3.63) is 0 Å². The molecule has 0 aromatic heterocycles. The summed E-state index contributed by atoms with van der Waals surface area (Å²) < 4.78 is 0. The molecule has 2 radical (unpaired) electrons. The first kappa shape index (κ1) is 9.02. The van der Waals surface area contributed by atoms with E-state index in [9.17, 15) is 0 Å². The van der Waals surface area contributed by atoms with Crippen molar-refractivity contribution in [2.75, 3.05) is 30.5 Å². The monoisotopic (exact) mass is 286 g/mol. The zero-order valence-electron chi connectivity index (χ0n) is 5.59. The molecule has 1 rings (SSSR count). The van der Waals surface area contributed by atoms with Crippen LogP contribution in [0.2, 0.25) is 0 Å². The maximum atomic E-state index is 2.45. The molecule has 9 heavy (non-hydrogen) atoms. The quantitative estimate of drug-likeness (QED) is 0.494. The molecule has 0 aliphatic carbocycles. The Hall–Kier alpha value is 1.93. The van der Waals surface area contributed by atoms with Crippen LogP contribution in [0, 0.1) is 0 Å². The average molecular weight is 285 g/mol. The van der Waals surface area contributed by atoms with Crippen LogP contribution in [0.1, 0.15) is 0 Å². The van der Waals surface area contributed by atoms with Gasteiger partial charge < -0.3 is 0 Å². The topological polar surface area (TPSA) is 0 Å². The second-order valence-electron chi connectivity index (χ2n) is 2.08. The zero-order chi connectivity index (χ0) is 6.53. The van der Waals surface area contributed by atoms with Crippen molar-refractivity contribution in [3.63, 3.8) is 0 Å². The van der Waals surface area contributed by atoms with Crippen molar-refractivity contribution < 1.29 is 0 Å². The molecular formula is C5H11PS2Sn. The summed E-state index contributed by atoms with van der Waals surface area (Å²) in [6, 6.07) is 0. The average Bonchev–Trinajstić information content (AvgIpc) is 1.79. The van der Waals surface area contributed by atoms with Crippen molar-refractivity contribution in [1.82, 2.24) is 0 Å². The van der Waals surface area contributed by atoms with Gasteiger partial charge in [0, 0.05) is 0 Å². The first-order valence-electron chi connectivity index (χ1n) is 3.07. The van der Waals surface area contributed by atoms with Crippen molar-refractivity contribution in [3.8, 4) is 0 Å².